The van der Waals surface area contributed by atoms with Crippen LogP contribution in [-0.4, -0.2) is 54.0 Å². The van der Waals surface area contributed by atoms with Crippen LogP contribution in [-0.2, 0) is 20.9 Å². The normalized spacial score (nSPS) is 23.0. The maximum atomic E-state index is 13.2. The van der Waals surface area contributed by atoms with E-state index in [2.05, 4.69) is 0 Å². The third-order valence-corrected chi connectivity index (χ3v) is 5.82. The van der Waals surface area contributed by atoms with Crippen molar-refractivity contribution in [2.75, 3.05) is 26.3 Å². The summed E-state index contributed by atoms with van der Waals surface area (Å²) in [6, 6.07) is 6.38. The Labute approximate surface area is 158 Å². The molecule has 6 heteroatoms. The van der Waals surface area contributed by atoms with Crippen LogP contribution in [0.3, 0.4) is 0 Å². The fraction of sp³-hybridized carbons (Fsp3) is 0.524. The minimum Gasteiger partial charge on any atom is -0.378 e. The first kappa shape index (κ1) is 18.2. The van der Waals surface area contributed by atoms with Gasteiger partial charge in [0.15, 0.2) is 0 Å². The SMILES string of the molecule is O=C(CC1=C2CCCCC2N(Cc2ccc(F)cc2)C1=O)N1CCOCC1. The summed E-state index contributed by atoms with van der Waals surface area (Å²) >= 11 is 0. The molecular weight excluding hydrogens is 347 g/mol. The van der Waals surface area contributed by atoms with Gasteiger partial charge in [0.1, 0.15) is 5.82 Å². The summed E-state index contributed by atoms with van der Waals surface area (Å²) in [5.74, 6) is -0.287. The van der Waals surface area contributed by atoms with E-state index in [1.807, 2.05) is 4.90 Å². The number of rotatable bonds is 4. The summed E-state index contributed by atoms with van der Waals surface area (Å²) in [4.78, 5) is 29.5. The van der Waals surface area contributed by atoms with Gasteiger partial charge in [-0.3, -0.25) is 9.59 Å². The molecule has 0 spiro atoms. The number of ether oxygens (including phenoxy) is 1. The molecule has 4 rings (SSSR count). The molecule has 144 valence electrons. The number of hydrogen-bond donors (Lipinski definition) is 0. The Balaban J connectivity index is 1.52. The fourth-order valence-electron chi connectivity index (χ4n) is 4.38. The molecule has 0 aromatic heterocycles. The van der Waals surface area contributed by atoms with Gasteiger partial charge < -0.3 is 14.5 Å². The predicted octanol–water partition coefficient (Wildman–Crippen LogP) is 2.66. The molecule has 0 bridgehead atoms. The minimum atomic E-state index is -0.278. The van der Waals surface area contributed by atoms with Crippen LogP contribution in [0.1, 0.15) is 37.7 Å². The number of carbonyl (C=O) groups excluding carboxylic acids is 2. The molecule has 2 amide bonds. The van der Waals surface area contributed by atoms with Gasteiger partial charge in [-0.1, -0.05) is 18.6 Å². The zero-order valence-electron chi connectivity index (χ0n) is 15.5. The molecule has 27 heavy (non-hydrogen) atoms. The van der Waals surface area contributed by atoms with E-state index in [4.69, 9.17) is 4.74 Å². The number of halogens is 1. The number of nitrogens with zero attached hydrogens (tertiary/aromatic N) is 2. The quantitative estimate of drug-likeness (QED) is 0.817. The number of hydrogen-bond acceptors (Lipinski definition) is 3. The minimum absolute atomic E-state index is 0.0158. The van der Waals surface area contributed by atoms with Gasteiger partial charge in [-0.15, -0.1) is 0 Å². The summed E-state index contributed by atoms with van der Waals surface area (Å²) < 4.78 is 18.5. The maximum absolute atomic E-state index is 13.2. The third-order valence-electron chi connectivity index (χ3n) is 5.82. The van der Waals surface area contributed by atoms with Crippen molar-refractivity contribution in [2.45, 2.75) is 44.7 Å². The molecule has 1 saturated carbocycles. The smallest absolute Gasteiger partial charge is 0.251 e. The lowest BCUT2D eigenvalue weighted by Crippen LogP contribution is -2.41. The summed E-state index contributed by atoms with van der Waals surface area (Å²) in [6.07, 6.45) is 4.18. The molecule has 2 aliphatic heterocycles. The first-order valence-electron chi connectivity index (χ1n) is 9.76. The van der Waals surface area contributed by atoms with Gasteiger partial charge in [0.05, 0.1) is 25.7 Å². The van der Waals surface area contributed by atoms with Crippen LogP contribution in [0, 0.1) is 5.82 Å². The topological polar surface area (TPSA) is 49.9 Å². The highest BCUT2D eigenvalue weighted by atomic mass is 19.1. The van der Waals surface area contributed by atoms with Crippen LogP contribution in [0.4, 0.5) is 4.39 Å². The molecule has 3 aliphatic rings. The van der Waals surface area contributed by atoms with Crippen molar-refractivity contribution in [2.24, 2.45) is 0 Å². The second kappa shape index (κ2) is 7.80. The molecule has 2 heterocycles. The van der Waals surface area contributed by atoms with E-state index in [1.54, 1.807) is 17.0 Å². The van der Waals surface area contributed by atoms with Gasteiger partial charge in [-0.25, -0.2) is 4.39 Å². The van der Waals surface area contributed by atoms with E-state index in [0.29, 0.717) is 38.4 Å². The third kappa shape index (κ3) is 3.76. The van der Waals surface area contributed by atoms with Crippen LogP contribution in [0.15, 0.2) is 35.4 Å². The molecule has 1 aliphatic carbocycles. The zero-order valence-corrected chi connectivity index (χ0v) is 15.5. The van der Waals surface area contributed by atoms with Crippen molar-refractivity contribution in [3.63, 3.8) is 0 Å². The molecule has 0 radical (unpaired) electrons. The first-order valence-corrected chi connectivity index (χ1v) is 9.76. The van der Waals surface area contributed by atoms with Crippen LogP contribution >= 0.6 is 0 Å². The average molecular weight is 372 g/mol. The van der Waals surface area contributed by atoms with Gasteiger partial charge in [0.25, 0.3) is 5.91 Å². The van der Waals surface area contributed by atoms with Crippen molar-refractivity contribution in [3.05, 3.63) is 46.8 Å². The Kier molecular flexibility index (Phi) is 5.25. The Bertz CT molecular complexity index is 753. The number of fused-ring (bicyclic) bond motifs is 1. The van der Waals surface area contributed by atoms with E-state index in [1.165, 1.54) is 12.1 Å². The molecule has 1 aromatic carbocycles. The zero-order chi connectivity index (χ0) is 18.8. The molecule has 1 saturated heterocycles. The first-order chi connectivity index (χ1) is 13.1. The highest BCUT2D eigenvalue weighted by Crippen LogP contribution is 2.39. The second-order valence-electron chi connectivity index (χ2n) is 7.49. The Hall–Kier alpha value is -2.21. The predicted molar refractivity (Wildman–Crippen MR) is 98.2 cm³/mol. The average Bonchev–Trinajstić information content (AvgIpc) is 2.96. The van der Waals surface area contributed by atoms with Crippen molar-refractivity contribution < 1.29 is 18.7 Å². The Morgan fingerprint density at radius 3 is 2.63 bits per heavy atom. The maximum Gasteiger partial charge on any atom is 0.251 e. The van der Waals surface area contributed by atoms with Gasteiger partial charge >= 0.3 is 0 Å². The summed E-state index contributed by atoms with van der Waals surface area (Å²) in [6.45, 7) is 2.77. The highest BCUT2D eigenvalue weighted by Gasteiger charge is 2.40. The van der Waals surface area contributed by atoms with E-state index in [0.717, 1.165) is 36.8 Å². The monoisotopic (exact) mass is 372 g/mol. The number of amides is 2. The van der Waals surface area contributed by atoms with Gasteiger partial charge in [-0.2, -0.15) is 0 Å². The molecule has 1 unspecified atom stereocenters. The standard InChI is InChI=1S/C21H25FN2O3/c22-16-7-5-15(6-8-16)14-24-19-4-2-1-3-17(19)18(21(24)26)13-20(25)23-9-11-27-12-10-23/h5-8,19H,1-4,9-14H2. The number of morpholine rings is 1. The van der Waals surface area contributed by atoms with E-state index in [-0.39, 0.29) is 30.1 Å². The van der Waals surface area contributed by atoms with Crippen molar-refractivity contribution >= 4 is 11.8 Å². The van der Waals surface area contributed by atoms with Crippen molar-refractivity contribution in [3.8, 4) is 0 Å². The molecule has 5 nitrogen and oxygen atoms in total. The number of benzene rings is 1. The van der Waals surface area contributed by atoms with Crippen LogP contribution in [0.2, 0.25) is 0 Å². The van der Waals surface area contributed by atoms with E-state index in [9.17, 15) is 14.0 Å². The van der Waals surface area contributed by atoms with Gasteiger partial charge in [0, 0.05) is 25.2 Å². The second-order valence-corrected chi connectivity index (χ2v) is 7.49. The van der Waals surface area contributed by atoms with Gasteiger partial charge in [-0.05, 0) is 42.5 Å². The lowest BCUT2D eigenvalue weighted by Gasteiger charge is -2.30. The lowest BCUT2D eigenvalue weighted by atomic mass is 9.88. The van der Waals surface area contributed by atoms with Crippen molar-refractivity contribution in [1.82, 2.24) is 9.80 Å². The lowest BCUT2D eigenvalue weighted by molar-refractivity contribution is -0.136. The summed E-state index contributed by atoms with van der Waals surface area (Å²) in [5.41, 5.74) is 2.75. The van der Waals surface area contributed by atoms with Crippen LogP contribution in [0.25, 0.3) is 0 Å². The van der Waals surface area contributed by atoms with Crippen LogP contribution in [0.5, 0.6) is 0 Å². The summed E-state index contributed by atoms with van der Waals surface area (Å²) in [7, 11) is 0. The van der Waals surface area contributed by atoms with Crippen molar-refractivity contribution in [1.29, 1.82) is 0 Å². The Morgan fingerprint density at radius 1 is 1.15 bits per heavy atom. The molecule has 1 atom stereocenters. The van der Waals surface area contributed by atoms with E-state index < -0.39 is 0 Å². The van der Waals surface area contributed by atoms with Crippen LogP contribution < -0.4 is 0 Å². The number of carbonyl (C=O) groups is 2. The van der Waals surface area contributed by atoms with Gasteiger partial charge in [0.2, 0.25) is 5.91 Å². The summed E-state index contributed by atoms with van der Waals surface area (Å²) in [5, 5.41) is 0. The molecule has 0 N–H and O–H groups in total. The largest absolute Gasteiger partial charge is 0.378 e. The Morgan fingerprint density at radius 2 is 1.89 bits per heavy atom. The van der Waals surface area contributed by atoms with E-state index >= 15 is 0 Å². The fourth-order valence-corrected chi connectivity index (χ4v) is 4.38. The molecule has 2 fully saturated rings. The molecular formula is C21H25FN2O3. The highest BCUT2D eigenvalue weighted by molar-refractivity contribution is 6.02. The molecule has 1 aromatic rings.